The van der Waals surface area contributed by atoms with Crippen molar-refractivity contribution in [3.05, 3.63) is 57.5 Å². The van der Waals surface area contributed by atoms with Crippen molar-refractivity contribution in [3.8, 4) is 0 Å². The second-order valence-corrected chi connectivity index (χ2v) is 8.19. The van der Waals surface area contributed by atoms with Crippen molar-refractivity contribution in [3.63, 3.8) is 0 Å². The summed E-state index contributed by atoms with van der Waals surface area (Å²) in [4.78, 5) is 28.4. The Morgan fingerprint density at radius 3 is 2.41 bits per heavy atom. The van der Waals surface area contributed by atoms with E-state index in [1.54, 1.807) is 11.4 Å². The lowest BCUT2D eigenvalue weighted by molar-refractivity contribution is -0.0436. The summed E-state index contributed by atoms with van der Waals surface area (Å²) in [5, 5.41) is 1.97. The highest BCUT2D eigenvalue weighted by Gasteiger charge is 2.46. The molecule has 0 fully saturated rings. The fraction of sp³-hybridized carbons (Fsp3) is 0.133. The highest BCUT2D eigenvalue weighted by molar-refractivity contribution is 7.92. The van der Waals surface area contributed by atoms with Crippen molar-refractivity contribution in [2.75, 3.05) is 5.43 Å². The van der Waals surface area contributed by atoms with Crippen molar-refractivity contribution in [2.24, 2.45) is 0 Å². The minimum absolute atomic E-state index is 0.132. The lowest BCUT2D eigenvalue weighted by Crippen LogP contribution is -2.35. The Labute approximate surface area is 154 Å². The Morgan fingerprint density at radius 2 is 1.81 bits per heavy atom. The van der Waals surface area contributed by atoms with E-state index in [1.807, 2.05) is 0 Å². The number of hydrogen-bond donors (Lipinski definition) is 1. The molecule has 1 amide bonds. The molecule has 1 N–H and O–H groups in total. The molecule has 0 radical (unpaired) electrons. The molecule has 12 heteroatoms. The van der Waals surface area contributed by atoms with Crippen molar-refractivity contribution in [1.29, 1.82) is 0 Å². The number of benzene rings is 1. The smallest absolute Gasteiger partial charge is 0.267 e. The first-order chi connectivity index (χ1) is 12.5. The molecule has 0 aliphatic rings. The predicted octanol–water partition coefficient (Wildman–Crippen LogP) is 2.44. The maximum atomic E-state index is 12.5. The Hall–Kier alpha value is -2.73. The molecule has 0 aliphatic carbocycles. The number of hydrogen-bond acceptors (Lipinski definition) is 6. The molecule has 3 rings (SSSR count). The zero-order valence-corrected chi connectivity index (χ0v) is 15.1. The molecular weight excluding hydrogens is 407 g/mol. The van der Waals surface area contributed by atoms with Gasteiger partial charge in [0.25, 0.3) is 21.3 Å². The number of nitrogens with one attached hydrogen (secondary N) is 1. The molecule has 0 bridgehead atoms. The Bertz CT molecular complexity index is 1200. The summed E-state index contributed by atoms with van der Waals surface area (Å²) < 4.78 is 61.2. The average molecular weight is 417 g/mol. The zero-order chi connectivity index (χ0) is 20.0. The number of nitrogens with zero attached hydrogens (tertiary/aromatic N) is 2. The van der Waals surface area contributed by atoms with Gasteiger partial charge in [0, 0.05) is 5.56 Å². The number of carbonyl (C=O) groups excluding carboxylic acids is 1. The van der Waals surface area contributed by atoms with Crippen LogP contribution in [0.4, 0.5) is 13.2 Å². The highest BCUT2D eigenvalue weighted by Crippen LogP contribution is 2.30. The SMILES string of the molecule is Cc1nc2sccc2c(=O)n1NC(=O)c1ccc(S(=O)(=O)C(F)(F)F)cc1. The first kappa shape index (κ1) is 19.0. The number of sulfone groups is 1. The predicted molar refractivity (Wildman–Crippen MR) is 92.0 cm³/mol. The maximum absolute atomic E-state index is 12.5. The number of thiophene rings is 1. The molecule has 0 saturated carbocycles. The fourth-order valence-electron chi connectivity index (χ4n) is 2.23. The summed E-state index contributed by atoms with van der Waals surface area (Å²) in [6.07, 6.45) is 0. The third-order valence-electron chi connectivity index (χ3n) is 3.61. The van der Waals surface area contributed by atoms with Crippen LogP contribution in [0.25, 0.3) is 10.2 Å². The normalized spacial score (nSPS) is 12.3. The molecule has 27 heavy (non-hydrogen) atoms. The number of amides is 1. The van der Waals surface area contributed by atoms with Crippen LogP contribution in [0.15, 0.2) is 45.4 Å². The Balaban J connectivity index is 1.91. The van der Waals surface area contributed by atoms with Crippen LogP contribution in [-0.2, 0) is 9.84 Å². The van der Waals surface area contributed by atoms with Gasteiger partial charge in [-0.1, -0.05) is 0 Å². The molecular formula is C15H10F3N3O4S2. The molecule has 3 aromatic rings. The van der Waals surface area contributed by atoms with Crippen LogP contribution in [-0.4, -0.2) is 29.5 Å². The second-order valence-electron chi connectivity index (χ2n) is 5.35. The Morgan fingerprint density at radius 1 is 1.19 bits per heavy atom. The maximum Gasteiger partial charge on any atom is 0.501 e. The lowest BCUT2D eigenvalue weighted by Gasteiger charge is -2.12. The number of alkyl halides is 3. The number of rotatable bonds is 3. The van der Waals surface area contributed by atoms with Gasteiger partial charge in [-0.05, 0) is 42.6 Å². The van der Waals surface area contributed by atoms with Gasteiger partial charge in [-0.15, -0.1) is 11.3 Å². The van der Waals surface area contributed by atoms with Crippen molar-refractivity contribution < 1.29 is 26.4 Å². The van der Waals surface area contributed by atoms with Gasteiger partial charge in [-0.2, -0.15) is 13.2 Å². The van der Waals surface area contributed by atoms with Crippen LogP contribution in [0.5, 0.6) is 0 Å². The molecule has 0 atom stereocenters. The summed E-state index contributed by atoms with van der Waals surface area (Å²) in [6, 6.07) is 4.74. The first-order valence-electron chi connectivity index (χ1n) is 7.22. The van der Waals surface area contributed by atoms with E-state index < -0.39 is 31.7 Å². The van der Waals surface area contributed by atoms with Crippen LogP contribution >= 0.6 is 11.3 Å². The van der Waals surface area contributed by atoms with Gasteiger partial charge in [0.05, 0.1) is 10.3 Å². The first-order valence-corrected chi connectivity index (χ1v) is 9.58. The van der Waals surface area contributed by atoms with Crippen LogP contribution in [0.1, 0.15) is 16.2 Å². The van der Waals surface area contributed by atoms with Gasteiger partial charge >= 0.3 is 5.51 Å². The molecule has 2 heterocycles. The van der Waals surface area contributed by atoms with E-state index in [0.717, 1.165) is 16.8 Å². The molecule has 7 nitrogen and oxygen atoms in total. The van der Waals surface area contributed by atoms with Crippen molar-refractivity contribution >= 4 is 37.3 Å². The minimum Gasteiger partial charge on any atom is -0.267 e. The number of halogens is 3. The van der Waals surface area contributed by atoms with Gasteiger partial charge in [-0.3, -0.25) is 15.0 Å². The van der Waals surface area contributed by atoms with E-state index >= 15 is 0 Å². The fourth-order valence-corrected chi connectivity index (χ4v) is 3.79. The zero-order valence-electron chi connectivity index (χ0n) is 13.4. The van der Waals surface area contributed by atoms with E-state index in [9.17, 15) is 31.2 Å². The number of aryl methyl sites for hydroxylation is 1. The summed E-state index contributed by atoms with van der Waals surface area (Å²) in [6.45, 7) is 1.50. The largest absolute Gasteiger partial charge is 0.501 e. The molecule has 0 saturated heterocycles. The third-order valence-corrected chi connectivity index (χ3v) is 5.92. The van der Waals surface area contributed by atoms with E-state index in [2.05, 4.69) is 10.4 Å². The quantitative estimate of drug-likeness (QED) is 0.706. The summed E-state index contributed by atoms with van der Waals surface area (Å²) in [5.74, 6) is -0.605. The van der Waals surface area contributed by atoms with E-state index in [4.69, 9.17) is 0 Å². The number of carbonyl (C=O) groups is 1. The topological polar surface area (TPSA) is 98.1 Å². The summed E-state index contributed by atoms with van der Waals surface area (Å²) in [7, 11) is -5.50. The molecule has 142 valence electrons. The highest BCUT2D eigenvalue weighted by atomic mass is 32.2. The van der Waals surface area contributed by atoms with Crippen LogP contribution < -0.4 is 11.0 Å². The summed E-state index contributed by atoms with van der Waals surface area (Å²) >= 11 is 1.26. The standard InChI is InChI=1S/C15H10F3N3O4S2/c1-8-19-13-11(6-7-26-13)14(23)21(8)20-12(22)9-2-4-10(5-3-9)27(24,25)15(16,17)18/h2-7H,1H3,(H,20,22). The van der Waals surface area contributed by atoms with Gasteiger partial charge in [0.15, 0.2) is 0 Å². The number of fused-ring (bicyclic) bond motifs is 1. The minimum atomic E-state index is -5.50. The van der Waals surface area contributed by atoms with Gasteiger partial charge in [0.2, 0.25) is 0 Å². The Kier molecular flexibility index (Phi) is 4.56. The molecule has 1 aromatic carbocycles. The molecule has 0 unspecified atom stereocenters. The van der Waals surface area contributed by atoms with E-state index in [1.165, 1.54) is 18.3 Å². The van der Waals surface area contributed by atoms with Gasteiger partial charge in [0.1, 0.15) is 10.7 Å². The molecule has 0 spiro atoms. The van der Waals surface area contributed by atoms with Crippen LogP contribution in [0.2, 0.25) is 0 Å². The lowest BCUT2D eigenvalue weighted by atomic mass is 10.2. The van der Waals surface area contributed by atoms with Crippen molar-refractivity contribution in [1.82, 2.24) is 9.66 Å². The number of aromatic nitrogens is 2. The summed E-state index contributed by atoms with van der Waals surface area (Å²) in [5.41, 5.74) is -3.78. The van der Waals surface area contributed by atoms with Crippen LogP contribution in [0, 0.1) is 6.92 Å². The average Bonchev–Trinajstić information content (AvgIpc) is 3.06. The van der Waals surface area contributed by atoms with E-state index in [0.29, 0.717) is 22.3 Å². The monoisotopic (exact) mass is 417 g/mol. The van der Waals surface area contributed by atoms with E-state index in [-0.39, 0.29) is 11.4 Å². The third kappa shape index (κ3) is 3.32. The van der Waals surface area contributed by atoms with Gasteiger partial charge < -0.3 is 0 Å². The van der Waals surface area contributed by atoms with Crippen molar-refractivity contribution in [2.45, 2.75) is 17.3 Å². The van der Waals surface area contributed by atoms with Crippen LogP contribution in [0.3, 0.4) is 0 Å². The second kappa shape index (κ2) is 6.46. The molecule has 2 aromatic heterocycles. The van der Waals surface area contributed by atoms with Gasteiger partial charge in [-0.25, -0.2) is 18.1 Å². The molecule has 0 aliphatic heterocycles.